The number of ether oxygens (including phenoxy) is 2. The van der Waals surface area contributed by atoms with Crippen LogP contribution in [0.1, 0.15) is 23.5 Å². The van der Waals surface area contributed by atoms with Crippen molar-refractivity contribution in [3.8, 4) is 11.5 Å². The molecule has 1 unspecified atom stereocenters. The van der Waals surface area contributed by atoms with E-state index in [2.05, 4.69) is 0 Å². The Morgan fingerprint density at radius 2 is 2.09 bits per heavy atom. The first-order valence-electron chi connectivity index (χ1n) is 7.08. The van der Waals surface area contributed by atoms with E-state index in [4.69, 9.17) is 14.6 Å². The number of aliphatic carboxylic acids is 1. The second kappa shape index (κ2) is 6.24. The lowest BCUT2D eigenvalue weighted by Crippen LogP contribution is -2.07. The van der Waals surface area contributed by atoms with Crippen LogP contribution in [0.2, 0.25) is 0 Å². The Morgan fingerprint density at radius 3 is 2.83 bits per heavy atom. The van der Waals surface area contributed by atoms with Crippen LogP contribution in [0.5, 0.6) is 11.5 Å². The minimum absolute atomic E-state index is 0.00793. The summed E-state index contributed by atoms with van der Waals surface area (Å²) in [6, 6.07) is 8.40. The predicted octanol–water partition coefficient (Wildman–Crippen LogP) is 3.49. The molecule has 1 N–H and O–H groups in total. The molecule has 0 bridgehead atoms. The van der Waals surface area contributed by atoms with E-state index >= 15 is 0 Å². The molecule has 1 heterocycles. The van der Waals surface area contributed by atoms with E-state index in [1.165, 1.54) is 12.1 Å². The van der Waals surface area contributed by atoms with Crippen LogP contribution in [0.15, 0.2) is 36.4 Å². The molecule has 0 amide bonds. The molecule has 1 atom stereocenters. The Kier molecular flexibility index (Phi) is 4.14. The molecule has 3 rings (SSSR count). The van der Waals surface area contributed by atoms with Crippen molar-refractivity contribution in [1.82, 2.24) is 0 Å². The van der Waals surface area contributed by atoms with Gasteiger partial charge in [0, 0.05) is 29.2 Å². The quantitative estimate of drug-likeness (QED) is 0.916. The highest BCUT2D eigenvalue weighted by atomic mass is 19.1. The summed E-state index contributed by atoms with van der Waals surface area (Å²) in [4.78, 5) is 10.8. The summed E-state index contributed by atoms with van der Waals surface area (Å²) in [6.45, 7) is 0.279. The maximum Gasteiger partial charge on any atom is 0.304 e. The van der Waals surface area contributed by atoms with Crippen LogP contribution in [-0.2, 0) is 11.4 Å². The van der Waals surface area contributed by atoms with Gasteiger partial charge in [-0.25, -0.2) is 8.78 Å². The van der Waals surface area contributed by atoms with Crippen molar-refractivity contribution in [3.63, 3.8) is 0 Å². The molecule has 0 aromatic heterocycles. The number of rotatable bonds is 5. The Bertz CT molecular complexity index is 745. The van der Waals surface area contributed by atoms with Crippen LogP contribution in [0, 0.1) is 11.6 Å². The first-order chi connectivity index (χ1) is 11.0. The zero-order valence-electron chi connectivity index (χ0n) is 12.1. The Balaban J connectivity index is 1.69. The van der Waals surface area contributed by atoms with E-state index < -0.39 is 17.6 Å². The minimum Gasteiger partial charge on any atom is -0.492 e. The number of benzene rings is 2. The molecule has 6 heteroatoms. The molecular formula is C17H14F2O4. The number of carboxylic acid groups (broad SMARTS) is 1. The second-order valence-electron chi connectivity index (χ2n) is 5.33. The van der Waals surface area contributed by atoms with Gasteiger partial charge in [-0.2, -0.15) is 0 Å². The molecule has 0 spiro atoms. The van der Waals surface area contributed by atoms with E-state index in [9.17, 15) is 13.6 Å². The van der Waals surface area contributed by atoms with Gasteiger partial charge in [0.1, 0.15) is 29.7 Å². The summed E-state index contributed by atoms with van der Waals surface area (Å²) in [5.74, 6) is -1.30. The monoisotopic (exact) mass is 320 g/mol. The van der Waals surface area contributed by atoms with Crippen LogP contribution in [0.3, 0.4) is 0 Å². The molecule has 0 aliphatic carbocycles. The number of halogens is 2. The van der Waals surface area contributed by atoms with Gasteiger partial charge >= 0.3 is 5.97 Å². The fourth-order valence-corrected chi connectivity index (χ4v) is 2.53. The Labute approximate surface area is 131 Å². The van der Waals surface area contributed by atoms with Crippen molar-refractivity contribution in [2.24, 2.45) is 0 Å². The van der Waals surface area contributed by atoms with Gasteiger partial charge in [-0.3, -0.25) is 4.79 Å². The van der Waals surface area contributed by atoms with Crippen molar-refractivity contribution in [2.45, 2.75) is 18.9 Å². The molecule has 1 aliphatic heterocycles. The van der Waals surface area contributed by atoms with Crippen LogP contribution < -0.4 is 9.47 Å². The zero-order valence-corrected chi connectivity index (χ0v) is 12.1. The average Bonchev–Trinajstić information content (AvgIpc) is 2.88. The van der Waals surface area contributed by atoms with E-state index in [0.29, 0.717) is 18.1 Å². The molecule has 0 radical (unpaired) electrons. The maximum absolute atomic E-state index is 13.5. The lowest BCUT2D eigenvalue weighted by Gasteiger charge is -2.09. The Morgan fingerprint density at radius 1 is 1.26 bits per heavy atom. The van der Waals surface area contributed by atoms with E-state index in [1.807, 2.05) is 0 Å². The smallest absolute Gasteiger partial charge is 0.304 e. The summed E-state index contributed by atoms with van der Waals surface area (Å²) in [6.07, 6.45) is 0.00793. The SMILES string of the molecule is O=C(O)CC1COc2cc(OCc3ccc(F)cc3F)ccc21. The van der Waals surface area contributed by atoms with Crippen molar-refractivity contribution in [1.29, 1.82) is 0 Å². The number of fused-ring (bicyclic) bond motifs is 1. The zero-order chi connectivity index (χ0) is 16.4. The van der Waals surface area contributed by atoms with Crippen LogP contribution in [0.25, 0.3) is 0 Å². The van der Waals surface area contributed by atoms with Gasteiger partial charge in [-0.15, -0.1) is 0 Å². The van der Waals surface area contributed by atoms with Gasteiger partial charge < -0.3 is 14.6 Å². The number of carbonyl (C=O) groups is 1. The number of carboxylic acids is 1. The van der Waals surface area contributed by atoms with E-state index in [0.717, 1.165) is 11.6 Å². The van der Waals surface area contributed by atoms with Crippen molar-refractivity contribution < 1.29 is 28.2 Å². The summed E-state index contributed by atoms with van der Waals surface area (Å²) in [7, 11) is 0. The van der Waals surface area contributed by atoms with Gasteiger partial charge in [0.05, 0.1) is 13.0 Å². The van der Waals surface area contributed by atoms with E-state index in [1.54, 1.807) is 18.2 Å². The number of hydrogen-bond acceptors (Lipinski definition) is 3. The third kappa shape index (κ3) is 3.41. The molecule has 120 valence electrons. The van der Waals surface area contributed by atoms with Crippen LogP contribution in [0.4, 0.5) is 8.78 Å². The molecule has 4 nitrogen and oxygen atoms in total. The molecular weight excluding hydrogens is 306 g/mol. The summed E-state index contributed by atoms with van der Waals surface area (Å²) >= 11 is 0. The largest absolute Gasteiger partial charge is 0.492 e. The van der Waals surface area contributed by atoms with Crippen molar-refractivity contribution in [3.05, 3.63) is 59.2 Å². The van der Waals surface area contributed by atoms with Gasteiger partial charge in [0.15, 0.2) is 0 Å². The third-order valence-corrected chi connectivity index (χ3v) is 3.70. The van der Waals surface area contributed by atoms with Crippen molar-refractivity contribution in [2.75, 3.05) is 6.61 Å². The molecule has 23 heavy (non-hydrogen) atoms. The summed E-state index contributed by atoms with van der Waals surface area (Å²) < 4.78 is 37.4. The number of hydrogen-bond donors (Lipinski definition) is 1. The highest BCUT2D eigenvalue weighted by Gasteiger charge is 2.26. The van der Waals surface area contributed by atoms with Crippen LogP contribution >= 0.6 is 0 Å². The first kappa shape index (κ1) is 15.3. The Hall–Kier alpha value is -2.63. The second-order valence-corrected chi connectivity index (χ2v) is 5.33. The average molecular weight is 320 g/mol. The molecule has 2 aromatic carbocycles. The highest BCUT2D eigenvalue weighted by molar-refractivity contribution is 5.68. The maximum atomic E-state index is 13.5. The minimum atomic E-state index is -0.876. The van der Waals surface area contributed by atoms with E-state index in [-0.39, 0.29) is 24.5 Å². The lowest BCUT2D eigenvalue weighted by atomic mass is 9.98. The molecule has 0 saturated carbocycles. The lowest BCUT2D eigenvalue weighted by molar-refractivity contribution is -0.137. The topological polar surface area (TPSA) is 55.8 Å². The van der Waals surface area contributed by atoms with Gasteiger partial charge in [0.2, 0.25) is 0 Å². The fraction of sp³-hybridized carbons (Fsp3) is 0.235. The summed E-state index contributed by atoms with van der Waals surface area (Å²) in [5, 5.41) is 8.87. The standard InChI is InChI=1S/C17H14F2O4/c18-12-2-1-10(15(19)6-12)8-22-13-3-4-14-11(5-17(20)21)9-23-16(14)7-13/h1-4,6-7,11H,5,8-9H2,(H,20,21). The molecule has 2 aromatic rings. The third-order valence-electron chi connectivity index (χ3n) is 3.70. The normalized spacial score (nSPS) is 15.8. The first-order valence-corrected chi connectivity index (χ1v) is 7.08. The molecule has 0 saturated heterocycles. The fourth-order valence-electron chi connectivity index (χ4n) is 2.53. The van der Waals surface area contributed by atoms with Crippen LogP contribution in [-0.4, -0.2) is 17.7 Å². The highest BCUT2D eigenvalue weighted by Crippen LogP contribution is 2.38. The van der Waals surface area contributed by atoms with Gasteiger partial charge in [0.25, 0.3) is 0 Å². The van der Waals surface area contributed by atoms with Gasteiger partial charge in [-0.05, 0) is 18.2 Å². The molecule has 0 fully saturated rings. The summed E-state index contributed by atoms with van der Waals surface area (Å²) in [5.41, 5.74) is 1.07. The van der Waals surface area contributed by atoms with Gasteiger partial charge in [-0.1, -0.05) is 6.07 Å². The molecule has 1 aliphatic rings. The predicted molar refractivity (Wildman–Crippen MR) is 77.6 cm³/mol. The van der Waals surface area contributed by atoms with Crippen molar-refractivity contribution >= 4 is 5.97 Å².